The Morgan fingerprint density at radius 2 is 2.50 bits per heavy atom. The van der Waals surface area contributed by atoms with E-state index in [1.54, 1.807) is 11.3 Å². The second-order valence-electron chi connectivity index (χ2n) is 2.48. The van der Waals surface area contributed by atoms with Gasteiger partial charge in [0.05, 0.1) is 0 Å². The summed E-state index contributed by atoms with van der Waals surface area (Å²) >= 11 is 7.26. The normalized spacial score (nSPS) is 10.2. The molecule has 0 saturated heterocycles. The molecule has 0 aliphatic rings. The van der Waals surface area contributed by atoms with Crippen molar-refractivity contribution in [1.82, 2.24) is 10.3 Å². The summed E-state index contributed by atoms with van der Waals surface area (Å²) in [5, 5.41) is 6.46. The van der Waals surface area contributed by atoms with Gasteiger partial charge in [0.15, 0.2) is 5.13 Å². The second kappa shape index (κ2) is 4.64. The monoisotopic (exact) mass is 205 g/mol. The first-order chi connectivity index (χ1) is 5.74. The lowest BCUT2D eigenvalue weighted by Gasteiger charge is -2.14. The van der Waals surface area contributed by atoms with E-state index in [1.165, 1.54) is 0 Å². The highest BCUT2D eigenvalue weighted by molar-refractivity contribution is 7.14. The van der Waals surface area contributed by atoms with E-state index in [1.807, 2.05) is 19.5 Å². The number of rotatable bonds is 4. The smallest absolute Gasteiger partial charge is 0.186 e. The first-order valence-corrected chi connectivity index (χ1v) is 4.96. The van der Waals surface area contributed by atoms with Crippen molar-refractivity contribution < 1.29 is 0 Å². The molecule has 3 nitrogen and oxygen atoms in total. The minimum absolute atomic E-state index is 0.575. The highest BCUT2D eigenvalue weighted by Gasteiger charge is 2.03. The predicted molar refractivity (Wildman–Crippen MR) is 54.3 cm³/mol. The van der Waals surface area contributed by atoms with Crippen LogP contribution in [-0.2, 0) is 0 Å². The molecule has 0 atom stereocenters. The van der Waals surface area contributed by atoms with E-state index in [4.69, 9.17) is 11.6 Å². The lowest BCUT2D eigenvalue weighted by molar-refractivity contribution is 0.766. The Balaban J connectivity index is 2.47. The average Bonchev–Trinajstić information content (AvgIpc) is 2.47. The Morgan fingerprint density at radius 1 is 1.75 bits per heavy atom. The van der Waals surface area contributed by atoms with Crippen molar-refractivity contribution >= 4 is 28.1 Å². The summed E-state index contributed by atoms with van der Waals surface area (Å²) in [4.78, 5) is 6.22. The van der Waals surface area contributed by atoms with Crippen molar-refractivity contribution in [2.75, 3.05) is 32.1 Å². The van der Waals surface area contributed by atoms with Crippen molar-refractivity contribution in [3.63, 3.8) is 0 Å². The molecule has 68 valence electrons. The molecule has 12 heavy (non-hydrogen) atoms. The minimum Gasteiger partial charge on any atom is -0.350 e. The van der Waals surface area contributed by atoms with Gasteiger partial charge >= 0.3 is 0 Å². The fourth-order valence-corrected chi connectivity index (χ4v) is 1.74. The fourth-order valence-electron chi connectivity index (χ4n) is 0.796. The topological polar surface area (TPSA) is 28.2 Å². The lowest BCUT2D eigenvalue weighted by atomic mass is 10.6. The van der Waals surface area contributed by atoms with Crippen molar-refractivity contribution in [2.45, 2.75) is 0 Å². The number of nitrogens with zero attached hydrogens (tertiary/aromatic N) is 2. The Labute approximate surface area is 81.4 Å². The number of aromatic nitrogens is 1. The van der Waals surface area contributed by atoms with Crippen molar-refractivity contribution in [1.29, 1.82) is 0 Å². The molecule has 0 bridgehead atoms. The van der Waals surface area contributed by atoms with Gasteiger partial charge in [-0.1, -0.05) is 11.6 Å². The molecule has 0 aliphatic carbocycles. The summed E-state index contributed by atoms with van der Waals surface area (Å²) in [6.07, 6.45) is 0. The quantitative estimate of drug-likeness (QED) is 0.807. The summed E-state index contributed by atoms with van der Waals surface area (Å²) in [6.45, 7) is 1.90. The zero-order valence-corrected chi connectivity index (χ0v) is 8.74. The SMILES string of the molecule is CNCCN(C)c1nc(Cl)cs1. The third kappa shape index (κ3) is 2.62. The zero-order valence-electron chi connectivity index (χ0n) is 7.17. The molecule has 0 spiro atoms. The zero-order chi connectivity index (χ0) is 8.97. The molecule has 1 heterocycles. The molecular formula is C7H12ClN3S. The number of halogens is 1. The summed E-state index contributed by atoms with van der Waals surface area (Å²) in [5.41, 5.74) is 0. The van der Waals surface area contributed by atoms with Crippen LogP contribution in [0.3, 0.4) is 0 Å². The van der Waals surface area contributed by atoms with Gasteiger partial charge in [0, 0.05) is 25.5 Å². The van der Waals surface area contributed by atoms with Crippen LogP contribution in [0.2, 0.25) is 5.15 Å². The third-order valence-corrected chi connectivity index (χ3v) is 2.77. The Bertz CT molecular complexity index is 238. The molecule has 0 aromatic carbocycles. The summed E-state index contributed by atoms with van der Waals surface area (Å²) < 4.78 is 0. The van der Waals surface area contributed by atoms with Crippen LogP contribution in [0.25, 0.3) is 0 Å². The lowest BCUT2D eigenvalue weighted by Crippen LogP contribution is -2.26. The number of hydrogen-bond donors (Lipinski definition) is 1. The Morgan fingerprint density at radius 3 is 3.00 bits per heavy atom. The average molecular weight is 206 g/mol. The minimum atomic E-state index is 0.575. The highest BCUT2D eigenvalue weighted by Crippen LogP contribution is 2.21. The number of hydrogen-bond acceptors (Lipinski definition) is 4. The highest BCUT2D eigenvalue weighted by atomic mass is 35.5. The number of anilines is 1. The summed E-state index contributed by atoms with van der Waals surface area (Å²) in [5.74, 6) is 0. The van der Waals surface area contributed by atoms with E-state index < -0.39 is 0 Å². The van der Waals surface area contributed by atoms with Gasteiger partial charge in [-0.05, 0) is 7.05 Å². The van der Waals surface area contributed by atoms with Crippen LogP contribution in [0, 0.1) is 0 Å². The maximum absolute atomic E-state index is 5.70. The van der Waals surface area contributed by atoms with E-state index in [0.717, 1.165) is 18.2 Å². The molecule has 0 fully saturated rings. The third-order valence-electron chi connectivity index (χ3n) is 1.49. The molecule has 5 heteroatoms. The molecule has 1 aromatic rings. The van der Waals surface area contributed by atoms with Crippen LogP contribution in [0.4, 0.5) is 5.13 Å². The molecule has 0 amide bonds. The molecule has 0 saturated carbocycles. The number of nitrogens with one attached hydrogen (secondary N) is 1. The van der Waals surface area contributed by atoms with Crippen LogP contribution >= 0.6 is 22.9 Å². The maximum atomic E-state index is 5.70. The summed E-state index contributed by atoms with van der Waals surface area (Å²) in [7, 11) is 3.94. The molecule has 0 unspecified atom stereocenters. The fraction of sp³-hybridized carbons (Fsp3) is 0.571. The largest absolute Gasteiger partial charge is 0.350 e. The van der Waals surface area contributed by atoms with Gasteiger partial charge < -0.3 is 10.2 Å². The van der Waals surface area contributed by atoms with E-state index in [0.29, 0.717) is 5.15 Å². The first-order valence-electron chi connectivity index (χ1n) is 3.71. The molecule has 0 radical (unpaired) electrons. The van der Waals surface area contributed by atoms with Gasteiger partial charge in [-0.2, -0.15) is 0 Å². The van der Waals surface area contributed by atoms with Crippen LogP contribution in [0.5, 0.6) is 0 Å². The van der Waals surface area contributed by atoms with E-state index >= 15 is 0 Å². The Kier molecular flexibility index (Phi) is 3.78. The van der Waals surface area contributed by atoms with Crippen molar-refractivity contribution in [3.8, 4) is 0 Å². The van der Waals surface area contributed by atoms with Crippen LogP contribution in [-0.4, -0.2) is 32.2 Å². The van der Waals surface area contributed by atoms with Gasteiger partial charge in [-0.3, -0.25) is 0 Å². The van der Waals surface area contributed by atoms with Gasteiger partial charge in [0.2, 0.25) is 0 Å². The second-order valence-corrected chi connectivity index (χ2v) is 3.70. The maximum Gasteiger partial charge on any atom is 0.186 e. The molecule has 0 aliphatic heterocycles. The van der Waals surface area contributed by atoms with E-state index in [9.17, 15) is 0 Å². The standard InChI is InChI=1S/C7H12ClN3S/c1-9-3-4-11(2)7-10-6(8)5-12-7/h5,9H,3-4H2,1-2H3. The Hall–Kier alpha value is -0.320. The predicted octanol–water partition coefficient (Wildman–Crippen LogP) is 1.45. The van der Waals surface area contributed by atoms with Crippen molar-refractivity contribution in [3.05, 3.63) is 10.5 Å². The van der Waals surface area contributed by atoms with Gasteiger partial charge in [-0.25, -0.2) is 4.98 Å². The van der Waals surface area contributed by atoms with Gasteiger partial charge in [-0.15, -0.1) is 11.3 Å². The van der Waals surface area contributed by atoms with Gasteiger partial charge in [0.1, 0.15) is 5.15 Å². The van der Waals surface area contributed by atoms with E-state index in [2.05, 4.69) is 15.2 Å². The van der Waals surface area contributed by atoms with Gasteiger partial charge in [0.25, 0.3) is 0 Å². The molecular weight excluding hydrogens is 194 g/mol. The molecule has 1 N–H and O–H groups in total. The molecule has 1 rings (SSSR count). The van der Waals surface area contributed by atoms with Crippen LogP contribution in [0.15, 0.2) is 5.38 Å². The molecule has 1 aromatic heterocycles. The van der Waals surface area contributed by atoms with Crippen molar-refractivity contribution in [2.24, 2.45) is 0 Å². The summed E-state index contributed by atoms with van der Waals surface area (Å²) in [6, 6.07) is 0. The van der Waals surface area contributed by atoms with Crippen LogP contribution < -0.4 is 10.2 Å². The first kappa shape index (κ1) is 9.77. The van der Waals surface area contributed by atoms with Crippen LogP contribution in [0.1, 0.15) is 0 Å². The van der Waals surface area contributed by atoms with E-state index in [-0.39, 0.29) is 0 Å². The number of thiazole rings is 1. The number of likely N-dealkylation sites (N-methyl/N-ethyl adjacent to an activating group) is 2.